The van der Waals surface area contributed by atoms with Crippen LogP contribution in [0, 0.1) is 5.82 Å². The molecule has 2 aromatic carbocycles. The normalized spacial score (nSPS) is 20.2. The van der Waals surface area contributed by atoms with Gasteiger partial charge in [0.1, 0.15) is 29.2 Å². The number of nitrogens with zero attached hydrogens (tertiary/aromatic N) is 7. The Bertz CT molecular complexity index is 2010. The van der Waals surface area contributed by atoms with Gasteiger partial charge in [-0.2, -0.15) is 0 Å². The van der Waals surface area contributed by atoms with E-state index in [1.54, 1.807) is 12.1 Å². The maximum Gasteiger partial charge on any atom is 0.249 e. The van der Waals surface area contributed by atoms with Gasteiger partial charge >= 0.3 is 0 Å². The average Bonchev–Trinajstić information content (AvgIpc) is 3.78. The van der Waals surface area contributed by atoms with Gasteiger partial charge in [0.25, 0.3) is 0 Å². The van der Waals surface area contributed by atoms with Crippen LogP contribution in [0.1, 0.15) is 42.9 Å². The summed E-state index contributed by atoms with van der Waals surface area (Å²) in [6.45, 7) is 4.98. The van der Waals surface area contributed by atoms with Crippen LogP contribution in [0.5, 0.6) is 0 Å². The second kappa shape index (κ2) is 13.3. The van der Waals surface area contributed by atoms with Gasteiger partial charge in [0.2, 0.25) is 11.8 Å². The third-order valence-corrected chi connectivity index (χ3v) is 9.80. The van der Waals surface area contributed by atoms with Crippen LogP contribution in [-0.2, 0) is 16.1 Å². The Labute approximate surface area is 283 Å². The van der Waals surface area contributed by atoms with E-state index in [1.807, 2.05) is 65.3 Å². The summed E-state index contributed by atoms with van der Waals surface area (Å²) in [4.78, 5) is 40.6. The van der Waals surface area contributed by atoms with E-state index < -0.39 is 6.04 Å². The zero-order valence-electron chi connectivity index (χ0n) is 27.1. The molecule has 3 aromatic heterocycles. The third kappa shape index (κ3) is 6.43. The zero-order valence-corrected chi connectivity index (χ0v) is 27.1. The standard InChI is InChI=1S/C37H38FN9O2/c38-27-8-3-7-25(22-27)31-11-5-17-46(31)35-15-14-33-39-23-32(47(33)43-35)29-10-4-12-34(41-29)45-20-18-44(19-21-45)24-26-6-1-2-9-28(26)40-30-13-16-36(48)42-37(30)49/h1-4,6-10,12,14-15,22-23,30-31,40H,5,11,13,16-21,24H2,(H,42,48,49)/t30?,31-/m1/s1. The fraction of sp³-hybridized carbons (Fsp3) is 0.324. The molecule has 0 spiro atoms. The van der Waals surface area contributed by atoms with Gasteiger partial charge in [0, 0.05) is 51.4 Å². The highest BCUT2D eigenvalue weighted by Crippen LogP contribution is 2.36. The van der Waals surface area contributed by atoms with Crippen molar-refractivity contribution in [3.63, 3.8) is 0 Å². The molecular weight excluding hydrogens is 621 g/mol. The number of fused-ring (bicyclic) bond motifs is 1. The molecule has 8 rings (SSSR count). The number of imide groups is 1. The van der Waals surface area contributed by atoms with Gasteiger partial charge in [-0.3, -0.25) is 19.8 Å². The number of amides is 2. The number of hydrogen-bond acceptors (Lipinski definition) is 9. The molecule has 3 fully saturated rings. The second-order valence-electron chi connectivity index (χ2n) is 13.0. The van der Waals surface area contributed by atoms with Crippen LogP contribution >= 0.6 is 0 Å². The summed E-state index contributed by atoms with van der Waals surface area (Å²) in [6, 6.07) is 24.6. The van der Waals surface area contributed by atoms with Crippen LogP contribution in [0.25, 0.3) is 17.0 Å². The largest absolute Gasteiger partial charge is 0.373 e. The first-order chi connectivity index (χ1) is 24.0. The molecule has 11 nitrogen and oxygen atoms in total. The summed E-state index contributed by atoms with van der Waals surface area (Å²) in [6.07, 6.45) is 4.62. The highest BCUT2D eigenvalue weighted by molar-refractivity contribution is 6.01. The predicted octanol–water partition coefficient (Wildman–Crippen LogP) is 4.81. The lowest BCUT2D eigenvalue weighted by Gasteiger charge is -2.36. The SMILES string of the molecule is O=C1CCC(Nc2ccccc2CN2CCN(c3cccc(-c4cnc5ccc(N6CCC[C@@H]6c6cccc(F)c6)nn45)n3)CC2)C(=O)N1. The molecule has 49 heavy (non-hydrogen) atoms. The predicted molar refractivity (Wildman–Crippen MR) is 186 cm³/mol. The highest BCUT2D eigenvalue weighted by Gasteiger charge is 2.29. The molecule has 3 aliphatic heterocycles. The van der Waals surface area contributed by atoms with Crippen LogP contribution < -0.4 is 20.4 Å². The summed E-state index contributed by atoms with van der Waals surface area (Å²) >= 11 is 0. The van der Waals surface area contributed by atoms with Crippen LogP contribution in [-0.4, -0.2) is 75.1 Å². The molecule has 0 saturated carbocycles. The van der Waals surface area contributed by atoms with Crippen molar-refractivity contribution < 1.29 is 14.0 Å². The van der Waals surface area contributed by atoms with Crippen molar-refractivity contribution in [3.8, 4) is 11.4 Å². The molecule has 5 aromatic rings. The number of rotatable bonds is 8. The van der Waals surface area contributed by atoms with E-state index >= 15 is 0 Å². The number of pyridine rings is 1. The fourth-order valence-corrected chi connectivity index (χ4v) is 7.23. The van der Waals surface area contributed by atoms with Gasteiger partial charge in [-0.1, -0.05) is 36.4 Å². The Morgan fingerprint density at radius 3 is 2.59 bits per heavy atom. The van der Waals surface area contributed by atoms with Gasteiger partial charge in [-0.25, -0.2) is 18.9 Å². The number of hydrogen-bond donors (Lipinski definition) is 2. The first-order valence-corrected chi connectivity index (χ1v) is 17.0. The van der Waals surface area contributed by atoms with Crippen molar-refractivity contribution in [2.75, 3.05) is 47.8 Å². The van der Waals surface area contributed by atoms with E-state index in [9.17, 15) is 14.0 Å². The number of piperazine rings is 1. The lowest BCUT2D eigenvalue weighted by atomic mass is 10.0. The quantitative estimate of drug-likeness (QED) is 0.227. The maximum absolute atomic E-state index is 14.1. The summed E-state index contributed by atoms with van der Waals surface area (Å²) in [5.74, 6) is 1.04. The monoisotopic (exact) mass is 659 g/mol. The number of piperidine rings is 1. The number of nitrogens with one attached hydrogen (secondary N) is 2. The minimum absolute atomic E-state index is 0.0721. The maximum atomic E-state index is 14.1. The average molecular weight is 660 g/mol. The Hall–Kier alpha value is -5.36. The molecule has 0 radical (unpaired) electrons. The van der Waals surface area contributed by atoms with Crippen molar-refractivity contribution in [1.82, 2.24) is 29.8 Å². The number of carbonyl (C=O) groups is 2. The van der Waals surface area contributed by atoms with Crippen LogP contribution in [0.3, 0.4) is 0 Å². The van der Waals surface area contributed by atoms with E-state index in [0.717, 1.165) is 97.6 Å². The smallest absolute Gasteiger partial charge is 0.249 e. The molecule has 3 aliphatic rings. The molecule has 6 heterocycles. The summed E-state index contributed by atoms with van der Waals surface area (Å²) < 4.78 is 15.9. The van der Waals surface area contributed by atoms with E-state index in [2.05, 4.69) is 36.4 Å². The van der Waals surface area contributed by atoms with Gasteiger partial charge in [0.05, 0.1) is 17.9 Å². The number of imidazole rings is 1. The van der Waals surface area contributed by atoms with Crippen molar-refractivity contribution in [2.45, 2.75) is 44.3 Å². The van der Waals surface area contributed by atoms with Crippen LogP contribution in [0.4, 0.5) is 21.7 Å². The third-order valence-electron chi connectivity index (χ3n) is 9.80. The van der Waals surface area contributed by atoms with Crippen molar-refractivity contribution in [3.05, 3.63) is 102 Å². The molecule has 2 atom stereocenters. The molecule has 0 bridgehead atoms. The first kappa shape index (κ1) is 30.9. The first-order valence-electron chi connectivity index (χ1n) is 17.0. The van der Waals surface area contributed by atoms with E-state index in [4.69, 9.17) is 10.1 Å². The molecule has 3 saturated heterocycles. The molecule has 1 unspecified atom stereocenters. The topological polar surface area (TPSA) is 111 Å². The minimum Gasteiger partial charge on any atom is -0.373 e. The fourth-order valence-electron chi connectivity index (χ4n) is 7.23. The Kier molecular flexibility index (Phi) is 8.38. The van der Waals surface area contributed by atoms with Crippen LogP contribution in [0.2, 0.25) is 0 Å². The number of aromatic nitrogens is 4. The lowest BCUT2D eigenvalue weighted by Crippen LogP contribution is -2.48. The zero-order chi connectivity index (χ0) is 33.3. The Morgan fingerprint density at radius 2 is 1.73 bits per heavy atom. The second-order valence-corrected chi connectivity index (χ2v) is 13.0. The Balaban J connectivity index is 0.952. The number of halogens is 1. The number of anilines is 3. The molecule has 2 amide bonds. The van der Waals surface area contributed by atoms with Crippen molar-refractivity contribution in [1.29, 1.82) is 0 Å². The number of para-hydroxylation sites is 1. The lowest BCUT2D eigenvalue weighted by molar-refractivity contribution is -0.133. The van der Waals surface area contributed by atoms with Crippen LogP contribution in [0.15, 0.2) is 85.1 Å². The van der Waals surface area contributed by atoms with Gasteiger partial charge in [-0.15, -0.1) is 5.10 Å². The summed E-state index contributed by atoms with van der Waals surface area (Å²) in [5, 5.41) is 10.8. The number of benzene rings is 2. The van der Waals surface area contributed by atoms with Gasteiger partial charge < -0.3 is 15.1 Å². The molecule has 0 aliphatic carbocycles. The number of carbonyl (C=O) groups excluding carboxylic acids is 2. The molecular formula is C37H38FN9O2. The molecule has 250 valence electrons. The molecule has 2 N–H and O–H groups in total. The minimum atomic E-state index is -0.416. The van der Waals surface area contributed by atoms with Gasteiger partial charge in [-0.05, 0) is 72.9 Å². The summed E-state index contributed by atoms with van der Waals surface area (Å²) in [7, 11) is 0. The molecule has 12 heteroatoms. The van der Waals surface area contributed by atoms with Crippen molar-refractivity contribution in [2.24, 2.45) is 0 Å². The summed E-state index contributed by atoms with van der Waals surface area (Å²) in [5.41, 5.74) is 5.37. The van der Waals surface area contributed by atoms with Gasteiger partial charge in [0.15, 0.2) is 5.65 Å². The van der Waals surface area contributed by atoms with Crippen molar-refractivity contribution >= 4 is 34.8 Å². The van der Waals surface area contributed by atoms with E-state index in [-0.39, 0.29) is 23.7 Å². The highest BCUT2D eigenvalue weighted by atomic mass is 19.1. The van der Waals surface area contributed by atoms with E-state index in [0.29, 0.717) is 12.8 Å². The Morgan fingerprint density at radius 1 is 0.878 bits per heavy atom. The van der Waals surface area contributed by atoms with E-state index in [1.165, 1.54) is 6.07 Å².